The van der Waals surface area contributed by atoms with E-state index in [9.17, 15) is 14.4 Å². The molecular weight excluding hydrogens is 469 g/mol. The van der Waals surface area contributed by atoms with Crippen molar-refractivity contribution in [1.82, 2.24) is 10.4 Å². The number of nitrogens with one attached hydrogen (secondary N) is 2. The number of benzene rings is 2. The van der Waals surface area contributed by atoms with Gasteiger partial charge in [-0.3, -0.25) is 4.79 Å². The Balaban J connectivity index is 1.68. The number of amides is 3. The Labute approximate surface area is 191 Å². The summed E-state index contributed by atoms with van der Waals surface area (Å²) in [5.41, 5.74) is 3.87. The third kappa shape index (κ3) is 5.11. The predicted molar refractivity (Wildman–Crippen MR) is 121 cm³/mol. The van der Waals surface area contributed by atoms with E-state index in [0.29, 0.717) is 26.7 Å². The van der Waals surface area contributed by atoms with Gasteiger partial charge in [-0.15, -0.1) is 0 Å². The van der Waals surface area contributed by atoms with Crippen LogP contribution < -0.4 is 10.7 Å². The maximum Gasteiger partial charge on any atom is 0.338 e. The first-order valence-corrected chi connectivity index (χ1v) is 10.3. The van der Waals surface area contributed by atoms with Crippen LogP contribution >= 0.6 is 47.2 Å². The normalized spacial score (nSPS) is 14.8. The fourth-order valence-corrected chi connectivity index (χ4v) is 3.86. The number of rotatable bonds is 4. The summed E-state index contributed by atoms with van der Waals surface area (Å²) < 4.78 is 4.82. The number of halogens is 2. The van der Waals surface area contributed by atoms with E-state index in [0.717, 1.165) is 16.8 Å². The first-order chi connectivity index (χ1) is 14.3. The van der Waals surface area contributed by atoms with Crippen LogP contribution in [0.1, 0.15) is 15.9 Å². The highest BCUT2D eigenvalue weighted by atomic mass is 35.5. The Morgan fingerprint density at radius 3 is 2.47 bits per heavy atom. The summed E-state index contributed by atoms with van der Waals surface area (Å²) in [4.78, 5) is 36.7. The molecule has 1 heterocycles. The number of hydrazine groups is 1. The Bertz CT molecular complexity index is 1070. The largest absolute Gasteiger partial charge is 0.465 e. The molecule has 0 aliphatic carbocycles. The van der Waals surface area contributed by atoms with Crippen LogP contribution in [0.2, 0.25) is 10.0 Å². The minimum absolute atomic E-state index is 0.168. The highest BCUT2D eigenvalue weighted by Gasteiger charge is 2.33. The molecule has 11 heteroatoms. The van der Waals surface area contributed by atoms with Crippen LogP contribution in [0, 0.1) is 0 Å². The van der Waals surface area contributed by atoms with Crippen LogP contribution in [0.4, 0.5) is 10.5 Å². The average Bonchev–Trinajstić information content (AvgIpc) is 2.98. The number of anilines is 1. The van der Waals surface area contributed by atoms with E-state index in [4.69, 9.17) is 35.4 Å². The van der Waals surface area contributed by atoms with Gasteiger partial charge in [0.2, 0.25) is 0 Å². The van der Waals surface area contributed by atoms with E-state index in [-0.39, 0.29) is 9.34 Å². The summed E-state index contributed by atoms with van der Waals surface area (Å²) in [6, 6.07) is 10.4. The van der Waals surface area contributed by atoms with Crippen molar-refractivity contribution in [3.05, 3.63) is 68.5 Å². The third-order valence-electron chi connectivity index (χ3n) is 3.81. The number of thioether (sulfide) groups is 1. The van der Waals surface area contributed by atoms with E-state index in [2.05, 4.69) is 15.5 Å². The van der Waals surface area contributed by atoms with Gasteiger partial charge in [0.05, 0.1) is 27.6 Å². The van der Waals surface area contributed by atoms with Gasteiger partial charge in [0, 0.05) is 5.69 Å². The van der Waals surface area contributed by atoms with Gasteiger partial charge in [0.25, 0.3) is 5.91 Å². The second kappa shape index (κ2) is 9.48. The molecule has 2 N–H and O–H groups in total. The van der Waals surface area contributed by atoms with Gasteiger partial charge < -0.3 is 10.1 Å². The molecule has 3 rings (SSSR count). The molecule has 0 saturated carbocycles. The average molecular weight is 482 g/mol. The SMILES string of the molecule is COC(=O)c1ccc(/C=C2/SC(=S)N(NC(=O)Nc3ccc(Cl)c(Cl)c3)C2=O)cc1. The standard InChI is InChI=1S/C19H13Cl2N3O4S2/c1-28-17(26)11-4-2-10(3-5-11)8-15-16(25)24(19(29)30-15)23-18(27)22-12-6-7-13(20)14(21)9-12/h2-9H,1H3,(H2,22,23,27)/b15-8+. The fraction of sp³-hybridized carbons (Fsp3) is 0.0526. The first kappa shape index (κ1) is 22.1. The third-order valence-corrected chi connectivity index (χ3v) is 5.86. The molecule has 30 heavy (non-hydrogen) atoms. The monoisotopic (exact) mass is 481 g/mol. The zero-order valence-corrected chi connectivity index (χ0v) is 18.4. The van der Waals surface area contributed by atoms with E-state index in [1.54, 1.807) is 36.4 Å². The molecule has 0 spiro atoms. The van der Waals surface area contributed by atoms with Gasteiger partial charge in [-0.25, -0.2) is 15.0 Å². The van der Waals surface area contributed by atoms with Crippen molar-refractivity contribution in [1.29, 1.82) is 0 Å². The van der Waals surface area contributed by atoms with Crippen molar-refractivity contribution in [2.24, 2.45) is 0 Å². The van der Waals surface area contributed by atoms with Crippen molar-refractivity contribution in [2.45, 2.75) is 0 Å². The number of carbonyl (C=O) groups excluding carboxylic acids is 3. The Morgan fingerprint density at radius 1 is 1.13 bits per heavy atom. The molecule has 7 nitrogen and oxygen atoms in total. The van der Waals surface area contributed by atoms with Gasteiger partial charge in [0.1, 0.15) is 0 Å². The molecule has 2 aromatic carbocycles. The topological polar surface area (TPSA) is 87.7 Å². The van der Waals surface area contributed by atoms with Crippen LogP contribution in [-0.2, 0) is 9.53 Å². The summed E-state index contributed by atoms with van der Waals surface area (Å²) in [6.45, 7) is 0. The lowest BCUT2D eigenvalue weighted by Crippen LogP contribution is -2.46. The Morgan fingerprint density at radius 2 is 1.83 bits per heavy atom. The Hall–Kier alpha value is -2.59. The van der Waals surface area contributed by atoms with E-state index >= 15 is 0 Å². The summed E-state index contributed by atoms with van der Waals surface area (Å²) in [5, 5.41) is 4.15. The van der Waals surface area contributed by atoms with Gasteiger partial charge in [0.15, 0.2) is 4.32 Å². The van der Waals surface area contributed by atoms with E-state index < -0.39 is 17.9 Å². The zero-order valence-electron chi connectivity index (χ0n) is 15.3. The molecule has 1 aliphatic rings. The van der Waals surface area contributed by atoms with E-state index in [1.807, 2.05) is 0 Å². The van der Waals surface area contributed by atoms with Crippen molar-refractivity contribution < 1.29 is 19.1 Å². The number of esters is 1. The second-order valence-electron chi connectivity index (χ2n) is 5.83. The number of ether oxygens (including phenoxy) is 1. The molecule has 0 unspecified atom stereocenters. The summed E-state index contributed by atoms with van der Waals surface area (Å²) >= 11 is 18.0. The van der Waals surface area contributed by atoms with Gasteiger partial charge in [-0.05, 0) is 54.2 Å². The van der Waals surface area contributed by atoms with Gasteiger partial charge >= 0.3 is 12.0 Å². The molecule has 1 fully saturated rings. The smallest absolute Gasteiger partial charge is 0.338 e. The minimum atomic E-state index is -0.673. The first-order valence-electron chi connectivity index (χ1n) is 8.27. The molecular formula is C19H13Cl2N3O4S2. The number of nitrogens with zero attached hydrogens (tertiary/aromatic N) is 1. The molecule has 3 amide bonds. The summed E-state index contributed by atoms with van der Waals surface area (Å²) in [5.74, 6) is -0.934. The summed E-state index contributed by atoms with van der Waals surface area (Å²) in [6.07, 6.45) is 1.61. The van der Waals surface area contributed by atoms with Crippen LogP contribution in [0.3, 0.4) is 0 Å². The number of hydrogen-bond donors (Lipinski definition) is 2. The molecule has 2 aromatic rings. The van der Waals surface area contributed by atoms with Crippen molar-refractivity contribution in [2.75, 3.05) is 12.4 Å². The number of methoxy groups -OCH3 is 1. The van der Waals surface area contributed by atoms with Gasteiger partial charge in [-0.1, -0.05) is 47.1 Å². The lowest BCUT2D eigenvalue weighted by Gasteiger charge is -2.16. The predicted octanol–water partition coefficient (Wildman–Crippen LogP) is 4.72. The molecule has 0 bridgehead atoms. The fourth-order valence-electron chi connectivity index (χ4n) is 2.38. The van der Waals surface area contributed by atoms with Crippen LogP contribution in [-0.4, -0.2) is 34.3 Å². The van der Waals surface area contributed by atoms with Crippen LogP contribution in [0.25, 0.3) is 6.08 Å². The molecule has 154 valence electrons. The molecule has 1 saturated heterocycles. The lowest BCUT2D eigenvalue weighted by molar-refractivity contribution is -0.123. The van der Waals surface area contributed by atoms with Crippen LogP contribution in [0.5, 0.6) is 0 Å². The van der Waals surface area contributed by atoms with Crippen LogP contribution in [0.15, 0.2) is 47.4 Å². The van der Waals surface area contributed by atoms with Gasteiger partial charge in [-0.2, -0.15) is 5.01 Å². The van der Waals surface area contributed by atoms with Crippen molar-refractivity contribution in [3.8, 4) is 0 Å². The quantitative estimate of drug-likeness (QED) is 0.373. The molecule has 0 radical (unpaired) electrons. The number of urea groups is 1. The molecule has 0 aromatic heterocycles. The highest BCUT2D eigenvalue weighted by molar-refractivity contribution is 8.26. The minimum Gasteiger partial charge on any atom is -0.465 e. The Kier molecular flexibility index (Phi) is 6.99. The molecule has 1 aliphatic heterocycles. The van der Waals surface area contributed by atoms with E-state index in [1.165, 1.54) is 19.2 Å². The number of hydrogen-bond acceptors (Lipinski definition) is 6. The maximum absolute atomic E-state index is 12.6. The lowest BCUT2D eigenvalue weighted by atomic mass is 10.1. The van der Waals surface area contributed by atoms with Crippen molar-refractivity contribution >= 4 is 81.2 Å². The highest BCUT2D eigenvalue weighted by Crippen LogP contribution is 2.31. The number of carbonyl (C=O) groups is 3. The zero-order chi connectivity index (χ0) is 21.8. The maximum atomic E-state index is 12.6. The van der Waals surface area contributed by atoms with Crippen molar-refractivity contribution in [3.63, 3.8) is 0 Å². The second-order valence-corrected chi connectivity index (χ2v) is 8.32. The molecule has 0 atom stereocenters. The summed E-state index contributed by atoms with van der Waals surface area (Å²) in [7, 11) is 1.30. The number of thiocarbonyl (C=S) groups is 1.